The van der Waals surface area contributed by atoms with Gasteiger partial charge in [0, 0.05) is 16.7 Å². The molecular formula is C72H129F11O19. The van der Waals surface area contributed by atoms with Crippen LogP contribution in [0.1, 0.15) is 262 Å². The lowest BCUT2D eigenvalue weighted by molar-refractivity contribution is -0.409. The van der Waals surface area contributed by atoms with Gasteiger partial charge >= 0.3 is 66.1 Å². The minimum absolute atomic E-state index is 0. The molecule has 11 unspecified atom stereocenters. The van der Waals surface area contributed by atoms with E-state index in [4.69, 9.17) is 33.2 Å². The van der Waals surface area contributed by atoms with E-state index in [0.29, 0.717) is 38.5 Å². The SMILES string of the molecule is C.C.C.C.C.C.C.C.CCC(C)(C)C(=O)OC1(C)COC(O)(C(F)(F)F)C1(F)F.CCC(C)(C)C(=O)OC12CC3CC(C(C)(C)O)(C1)CC(C(C)(C)O)(C3)C2.CCC(C)(C)C(=O)OC1C2OC(=O)C3C2OC1C3C(C)(C)OCC(O)(C(F)(F)F)C(F)(F)F.CCC(C)(C)C(=O)OC1COC(=O)C1. The van der Waals surface area contributed by atoms with Gasteiger partial charge in [-0.15, -0.1) is 0 Å². The standard InChI is InChI=1S/C22H38O4.C20H26F6O7.C12H17F5O4.C10H16O4.8CH4/c1-8-17(2,3)16(23)26-22-11-15-9-20(13-22,18(4,5)24)12-21(10-15,14-22)19(6,7)25;1-6-16(2,3)15(28)33-13-11-9(8-10(31-11)12(13)32-14(8)27)17(4,5)30-7-18(29,19(21,22)23)20(24,25)26;1-5-8(2,3)7(18)21-9(4)6-20-11(19,10(9,13)14)12(15,16)17;1-4-10(2,3)9(12)14-7-5-8(11)13-6-7;;;;;;;;/h15,24-25H,8-14H2,1-7H3;8-13,29H,6-7H2,1-5H3;19H,5-6H2,1-4H3;7H,4-6H2,1-3H3;8*1H4. The maximum absolute atomic E-state index is 14.0. The van der Waals surface area contributed by atoms with Gasteiger partial charge in [-0.2, -0.15) is 48.3 Å². The van der Waals surface area contributed by atoms with Crippen LogP contribution in [0.5, 0.6) is 0 Å². The second-order valence-electron chi connectivity index (χ2n) is 31.4. The molecule has 4 aliphatic carbocycles. The third-order valence-corrected chi connectivity index (χ3v) is 21.7. The molecule has 9 rings (SSSR count). The van der Waals surface area contributed by atoms with Gasteiger partial charge in [0.1, 0.15) is 30.5 Å². The van der Waals surface area contributed by atoms with Crippen LogP contribution in [0.25, 0.3) is 0 Å². The molecule has 0 aromatic rings. The third-order valence-electron chi connectivity index (χ3n) is 21.7. The lowest BCUT2D eigenvalue weighted by Gasteiger charge is -2.70. The minimum Gasteiger partial charge on any atom is -0.462 e. The Morgan fingerprint density at radius 3 is 1.32 bits per heavy atom. The fourth-order valence-electron chi connectivity index (χ4n) is 13.4. The lowest BCUT2D eigenvalue weighted by Crippen LogP contribution is -2.70. The first-order chi connectivity index (χ1) is 42.0. The number of alkyl halides is 11. The van der Waals surface area contributed by atoms with Gasteiger partial charge < -0.3 is 63.1 Å². The molecule has 30 heteroatoms. The summed E-state index contributed by atoms with van der Waals surface area (Å²) in [5.41, 5.74) is -15.8. The summed E-state index contributed by atoms with van der Waals surface area (Å²) in [6.07, 6.45) is -14.9. The van der Waals surface area contributed by atoms with E-state index in [-0.39, 0.29) is 114 Å². The Morgan fingerprint density at radius 1 is 0.559 bits per heavy atom. The van der Waals surface area contributed by atoms with Gasteiger partial charge in [-0.1, -0.05) is 87.1 Å². The molecule has 9 aliphatic rings. The second-order valence-corrected chi connectivity index (χ2v) is 31.4. The van der Waals surface area contributed by atoms with Crippen molar-refractivity contribution in [2.24, 2.45) is 50.2 Å². The predicted octanol–water partition coefficient (Wildman–Crippen LogP) is 16.2. The maximum atomic E-state index is 14.0. The topological polar surface area (TPSA) is 266 Å². The van der Waals surface area contributed by atoms with Crippen molar-refractivity contribution in [3.05, 3.63) is 0 Å². The average Bonchev–Trinajstić information content (AvgIpc) is 1.08. The molecular weight excluding hydrogens is 1380 g/mol. The van der Waals surface area contributed by atoms with Crippen LogP contribution in [0.15, 0.2) is 0 Å². The van der Waals surface area contributed by atoms with Crippen molar-refractivity contribution in [1.82, 2.24) is 0 Å². The van der Waals surface area contributed by atoms with Crippen molar-refractivity contribution in [2.45, 2.75) is 356 Å². The van der Waals surface area contributed by atoms with Crippen molar-refractivity contribution in [3.8, 4) is 0 Å². The van der Waals surface area contributed by atoms with Crippen LogP contribution in [0.3, 0.4) is 0 Å². The summed E-state index contributed by atoms with van der Waals surface area (Å²) in [4.78, 5) is 72.1. The summed E-state index contributed by atoms with van der Waals surface area (Å²) >= 11 is 0. The maximum Gasteiger partial charge on any atom is 0.449 e. The Hall–Kier alpha value is -4.23. The zero-order valence-corrected chi connectivity index (χ0v) is 57.1. The Labute approximate surface area is 600 Å². The fourth-order valence-corrected chi connectivity index (χ4v) is 13.4. The molecule has 102 heavy (non-hydrogen) atoms. The molecule has 0 radical (unpaired) electrons. The first-order valence-corrected chi connectivity index (χ1v) is 31.6. The van der Waals surface area contributed by atoms with Crippen molar-refractivity contribution < 1.29 is 140 Å². The number of esters is 6. The Kier molecular flexibility index (Phi) is 34.2. The number of hydrogen-bond donors (Lipinski definition) is 4. The fraction of sp³-hybridized carbons (Fsp3) is 0.917. The van der Waals surface area contributed by atoms with Gasteiger partial charge in [-0.25, -0.2) is 0 Å². The van der Waals surface area contributed by atoms with Gasteiger partial charge in [0.05, 0.1) is 64.0 Å². The van der Waals surface area contributed by atoms with E-state index in [1.54, 1.807) is 27.7 Å². The Balaban J connectivity index is -0.000000634. The van der Waals surface area contributed by atoms with Crippen LogP contribution < -0.4 is 0 Å². The Bertz CT molecular complexity index is 2760. The smallest absolute Gasteiger partial charge is 0.449 e. The van der Waals surface area contributed by atoms with Crippen molar-refractivity contribution in [1.29, 1.82) is 0 Å². The van der Waals surface area contributed by atoms with Crippen LogP contribution in [-0.2, 0) is 71.4 Å². The minimum atomic E-state index is -6.06. The number of fused-ring (bicyclic) bond motifs is 1. The van der Waals surface area contributed by atoms with E-state index in [1.807, 2.05) is 69.2 Å². The number of hydrogen-bond acceptors (Lipinski definition) is 19. The molecule has 5 aliphatic heterocycles. The lowest BCUT2D eigenvalue weighted by atomic mass is 9.37. The molecule has 6 bridgehead atoms. The Morgan fingerprint density at radius 2 is 0.961 bits per heavy atom. The zero-order chi connectivity index (χ0) is 72.8. The van der Waals surface area contributed by atoms with E-state index in [1.165, 1.54) is 27.7 Å². The number of carbonyl (C=O) groups excluding carboxylic acids is 6. The third kappa shape index (κ3) is 19.4. The first-order valence-electron chi connectivity index (χ1n) is 31.6. The van der Waals surface area contributed by atoms with Crippen LogP contribution in [0, 0.1) is 50.2 Å². The van der Waals surface area contributed by atoms with E-state index >= 15 is 0 Å². The quantitative estimate of drug-likeness (QED) is 0.0564. The molecule has 5 saturated heterocycles. The van der Waals surface area contributed by atoms with Crippen LogP contribution in [-0.4, -0.2) is 170 Å². The van der Waals surface area contributed by atoms with E-state index < -0.39 is 153 Å². The molecule has 4 saturated carbocycles. The molecule has 11 atom stereocenters. The monoisotopic (exact) mass is 1510 g/mol. The van der Waals surface area contributed by atoms with Crippen molar-refractivity contribution in [3.63, 3.8) is 0 Å². The number of halogens is 11. The number of rotatable bonds is 18. The van der Waals surface area contributed by atoms with Crippen LogP contribution in [0.4, 0.5) is 48.3 Å². The highest BCUT2D eigenvalue weighted by molar-refractivity contribution is 5.80. The van der Waals surface area contributed by atoms with E-state index in [0.717, 1.165) is 32.1 Å². The van der Waals surface area contributed by atoms with Crippen molar-refractivity contribution >= 4 is 35.8 Å². The van der Waals surface area contributed by atoms with E-state index in [9.17, 15) is 97.5 Å². The highest BCUT2D eigenvalue weighted by Crippen LogP contribution is 2.73. The average molecular weight is 1510 g/mol. The van der Waals surface area contributed by atoms with E-state index in [2.05, 4.69) is 9.47 Å². The number of ether oxygens (including phenoxy) is 9. The molecule has 19 nitrogen and oxygen atoms in total. The molecule has 0 aromatic heterocycles. The summed E-state index contributed by atoms with van der Waals surface area (Å²) in [6.45, 7) is 28.2. The molecule has 9 fully saturated rings. The number of cyclic esters (lactones) is 1. The highest BCUT2D eigenvalue weighted by atomic mass is 19.4. The summed E-state index contributed by atoms with van der Waals surface area (Å²) in [7, 11) is 0. The molecule has 5 heterocycles. The molecule has 0 spiro atoms. The molecule has 0 amide bonds. The first kappa shape index (κ1) is 104. The second kappa shape index (κ2) is 33.5. The van der Waals surface area contributed by atoms with Gasteiger partial charge in [-0.3, -0.25) is 28.8 Å². The summed E-state index contributed by atoms with van der Waals surface area (Å²) in [6, 6.07) is 0. The van der Waals surface area contributed by atoms with Gasteiger partial charge in [0.15, 0.2) is 12.2 Å². The molecule has 4 N–H and O–H groups in total. The zero-order valence-electron chi connectivity index (χ0n) is 57.1. The van der Waals surface area contributed by atoms with Crippen LogP contribution >= 0.6 is 0 Å². The summed E-state index contributed by atoms with van der Waals surface area (Å²) in [5.74, 6) is -14.5. The molecule has 608 valence electrons. The normalized spacial score (nSPS) is 30.5. The highest BCUT2D eigenvalue weighted by Gasteiger charge is 2.83. The summed E-state index contributed by atoms with van der Waals surface area (Å²) in [5, 5.41) is 40.8. The number of aliphatic hydroxyl groups is 4. The van der Waals surface area contributed by atoms with Gasteiger partial charge in [0.25, 0.3) is 5.60 Å². The van der Waals surface area contributed by atoms with Crippen LogP contribution in [0.2, 0.25) is 0 Å². The van der Waals surface area contributed by atoms with Crippen molar-refractivity contribution in [2.75, 3.05) is 19.8 Å². The summed E-state index contributed by atoms with van der Waals surface area (Å²) < 4.78 is 190. The predicted molar refractivity (Wildman–Crippen MR) is 362 cm³/mol. The number of carbonyl (C=O) groups is 6. The van der Waals surface area contributed by atoms with Gasteiger partial charge in [-0.05, 0) is 174 Å². The molecule has 0 aromatic carbocycles. The van der Waals surface area contributed by atoms with Gasteiger partial charge in [0.2, 0.25) is 5.60 Å². The largest absolute Gasteiger partial charge is 0.462 e.